The molecular formula is C26H29Cl2N3OS. The number of nitrogens with one attached hydrogen (secondary N) is 1. The van der Waals surface area contributed by atoms with Crippen LogP contribution in [0.2, 0.25) is 10.0 Å². The normalized spacial score (nSPS) is 20.2. The monoisotopic (exact) mass is 501 g/mol. The van der Waals surface area contributed by atoms with Crippen molar-refractivity contribution in [3.8, 4) is 5.75 Å². The van der Waals surface area contributed by atoms with Gasteiger partial charge in [-0.1, -0.05) is 81.1 Å². The standard InChI is InChI=1S/C26H29Cl2N3OS/c1-25(2,3)22(12-10-17-9-11-18(27)15-21(17)28)29-23-26(13-4-5-14-26)31(24(33)30-23)19-7-6-8-20(32)16-19/h6-12,15-16,22,32H,4-5,13-14H2,1-3H3,(H,29,30,33). The lowest BCUT2D eigenvalue weighted by Crippen LogP contribution is -2.48. The number of benzene rings is 2. The van der Waals surface area contributed by atoms with Crippen LogP contribution in [0, 0.1) is 5.41 Å². The van der Waals surface area contributed by atoms with Gasteiger partial charge in [-0.25, -0.2) is 0 Å². The summed E-state index contributed by atoms with van der Waals surface area (Å²) in [5, 5.41) is 15.4. The summed E-state index contributed by atoms with van der Waals surface area (Å²) < 4.78 is 0. The van der Waals surface area contributed by atoms with E-state index in [4.69, 9.17) is 40.4 Å². The molecule has 33 heavy (non-hydrogen) atoms. The van der Waals surface area contributed by atoms with E-state index in [2.05, 4.69) is 37.1 Å². The Hall–Kier alpha value is -2.08. The van der Waals surface area contributed by atoms with Gasteiger partial charge in [0, 0.05) is 21.8 Å². The predicted molar refractivity (Wildman–Crippen MR) is 144 cm³/mol. The van der Waals surface area contributed by atoms with Gasteiger partial charge in [0.25, 0.3) is 0 Å². The molecule has 0 amide bonds. The van der Waals surface area contributed by atoms with Crippen LogP contribution in [0.5, 0.6) is 5.75 Å². The topological polar surface area (TPSA) is 47.9 Å². The fraction of sp³-hybridized carbons (Fsp3) is 0.385. The lowest BCUT2D eigenvalue weighted by molar-refractivity contribution is 0.366. The Kier molecular flexibility index (Phi) is 6.77. The molecular weight excluding hydrogens is 473 g/mol. The zero-order valence-corrected chi connectivity index (χ0v) is 21.4. The van der Waals surface area contributed by atoms with Crippen molar-refractivity contribution < 1.29 is 5.11 Å². The lowest BCUT2D eigenvalue weighted by atomic mass is 9.86. The number of hydrogen-bond donors (Lipinski definition) is 2. The van der Waals surface area contributed by atoms with E-state index in [0.29, 0.717) is 15.2 Å². The van der Waals surface area contributed by atoms with Gasteiger partial charge in [-0.3, -0.25) is 4.99 Å². The Morgan fingerprint density at radius 2 is 1.88 bits per heavy atom. The van der Waals surface area contributed by atoms with Gasteiger partial charge in [0.2, 0.25) is 0 Å². The first-order chi connectivity index (χ1) is 15.6. The molecule has 7 heteroatoms. The van der Waals surface area contributed by atoms with Crippen LogP contribution < -0.4 is 10.2 Å². The molecule has 0 bridgehead atoms. The van der Waals surface area contributed by atoms with Crippen molar-refractivity contribution in [2.75, 3.05) is 4.90 Å². The van der Waals surface area contributed by atoms with Crippen LogP contribution in [0.15, 0.2) is 53.5 Å². The second-order valence-corrected chi connectivity index (χ2v) is 11.1. The Balaban J connectivity index is 1.74. The van der Waals surface area contributed by atoms with E-state index in [1.54, 1.807) is 18.2 Å². The van der Waals surface area contributed by atoms with Crippen molar-refractivity contribution in [1.82, 2.24) is 5.32 Å². The van der Waals surface area contributed by atoms with Crippen molar-refractivity contribution >= 4 is 58.1 Å². The van der Waals surface area contributed by atoms with Crippen molar-refractivity contribution in [1.29, 1.82) is 0 Å². The third kappa shape index (κ3) is 4.91. The number of halogens is 2. The minimum Gasteiger partial charge on any atom is -0.508 e. The summed E-state index contributed by atoms with van der Waals surface area (Å²) in [6.07, 6.45) is 8.24. The minimum atomic E-state index is -0.319. The second-order valence-electron chi connectivity index (χ2n) is 9.84. The average molecular weight is 503 g/mol. The summed E-state index contributed by atoms with van der Waals surface area (Å²) in [5.41, 5.74) is 1.35. The molecule has 2 aliphatic rings. The van der Waals surface area contributed by atoms with E-state index >= 15 is 0 Å². The van der Waals surface area contributed by atoms with Crippen LogP contribution in [0.3, 0.4) is 0 Å². The summed E-state index contributed by atoms with van der Waals surface area (Å²) in [5.74, 6) is 1.13. The van der Waals surface area contributed by atoms with E-state index in [1.807, 2.05) is 30.3 Å². The van der Waals surface area contributed by atoms with Crippen molar-refractivity contribution in [2.24, 2.45) is 10.4 Å². The molecule has 2 aromatic rings. The summed E-state index contributed by atoms with van der Waals surface area (Å²) in [6, 6.07) is 12.7. The molecule has 2 fully saturated rings. The van der Waals surface area contributed by atoms with Gasteiger partial charge < -0.3 is 15.3 Å². The number of anilines is 1. The molecule has 1 atom stereocenters. The molecule has 1 aliphatic heterocycles. The first-order valence-corrected chi connectivity index (χ1v) is 12.4. The highest BCUT2D eigenvalue weighted by atomic mass is 35.5. The van der Waals surface area contributed by atoms with Crippen LogP contribution >= 0.6 is 35.4 Å². The number of phenolic OH excluding ortho intramolecular Hbond substituents is 1. The number of aromatic hydroxyl groups is 1. The molecule has 1 heterocycles. The zero-order chi connectivity index (χ0) is 23.8. The largest absolute Gasteiger partial charge is 0.508 e. The van der Waals surface area contributed by atoms with Gasteiger partial charge >= 0.3 is 0 Å². The Morgan fingerprint density at radius 3 is 2.52 bits per heavy atom. The van der Waals surface area contributed by atoms with Crippen LogP contribution in [0.4, 0.5) is 5.69 Å². The molecule has 174 valence electrons. The molecule has 1 saturated carbocycles. The van der Waals surface area contributed by atoms with Crippen LogP contribution in [-0.2, 0) is 0 Å². The van der Waals surface area contributed by atoms with E-state index in [1.165, 1.54) is 0 Å². The number of aliphatic imine (C=N–C) groups is 1. The summed E-state index contributed by atoms with van der Waals surface area (Å²) in [4.78, 5) is 7.40. The fourth-order valence-electron chi connectivity index (χ4n) is 4.64. The molecule has 1 spiro atoms. The number of nitrogens with zero attached hydrogens (tertiary/aromatic N) is 2. The molecule has 0 aromatic heterocycles. The fourth-order valence-corrected chi connectivity index (χ4v) is 5.49. The molecule has 4 rings (SSSR count). The Bertz CT molecular complexity index is 1120. The number of rotatable bonds is 4. The summed E-state index contributed by atoms with van der Waals surface area (Å²) in [7, 11) is 0. The molecule has 1 aliphatic carbocycles. The maximum absolute atomic E-state index is 10.1. The highest BCUT2D eigenvalue weighted by Crippen LogP contribution is 2.43. The Labute approximate surface area is 211 Å². The van der Waals surface area contributed by atoms with Gasteiger partial charge in [0.15, 0.2) is 5.11 Å². The number of amidine groups is 1. The number of hydrogen-bond acceptors (Lipinski definition) is 3. The second kappa shape index (κ2) is 9.28. The number of phenols is 1. The first kappa shape index (κ1) is 24.1. The van der Waals surface area contributed by atoms with Crippen molar-refractivity contribution in [2.45, 2.75) is 58.0 Å². The first-order valence-electron chi connectivity index (χ1n) is 11.2. The number of thiocarbonyl (C=S) groups is 1. The molecule has 2 aromatic carbocycles. The maximum Gasteiger partial charge on any atom is 0.179 e. The van der Waals surface area contributed by atoms with Gasteiger partial charge in [-0.05, 0) is 60.3 Å². The van der Waals surface area contributed by atoms with E-state index < -0.39 is 0 Å². The zero-order valence-electron chi connectivity index (χ0n) is 19.1. The van der Waals surface area contributed by atoms with Crippen LogP contribution in [-0.4, -0.2) is 27.6 Å². The average Bonchev–Trinajstić information content (AvgIpc) is 3.31. The van der Waals surface area contributed by atoms with Gasteiger partial charge in [0.05, 0.1) is 6.04 Å². The van der Waals surface area contributed by atoms with Gasteiger partial charge in [-0.15, -0.1) is 0 Å². The lowest BCUT2D eigenvalue weighted by Gasteiger charge is -2.35. The van der Waals surface area contributed by atoms with Crippen LogP contribution in [0.25, 0.3) is 6.08 Å². The van der Waals surface area contributed by atoms with E-state index in [-0.39, 0.29) is 22.7 Å². The van der Waals surface area contributed by atoms with Crippen LogP contribution in [0.1, 0.15) is 52.0 Å². The Morgan fingerprint density at radius 1 is 1.15 bits per heavy atom. The van der Waals surface area contributed by atoms with Crippen molar-refractivity contribution in [3.05, 3.63) is 64.1 Å². The molecule has 1 saturated heterocycles. The summed E-state index contributed by atoms with van der Waals surface area (Å²) in [6.45, 7) is 6.53. The summed E-state index contributed by atoms with van der Waals surface area (Å²) >= 11 is 18.2. The van der Waals surface area contributed by atoms with E-state index in [0.717, 1.165) is 42.8 Å². The van der Waals surface area contributed by atoms with E-state index in [9.17, 15) is 5.11 Å². The minimum absolute atomic E-state index is 0.101. The maximum atomic E-state index is 10.1. The SMILES string of the molecule is CC(C)(C)C(C=Cc1ccc(Cl)cc1Cl)N=C1NC(=S)N(c2cccc(O)c2)C12CCCC2. The third-order valence-corrected chi connectivity index (χ3v) is 7.24. The van der Waals surface area contributed by atoms with Crippen molar-refractivity contribution in [3.63, 3.8) is 0 Å². The quantitative estimate of drug-likeness (QED) is 0.433. The molecule has 4 nitrogen and oxygen atoms in total. The van der Waals surface area contributed by atoms with Gasteiger partial charge in [-0.2, -0.15) is 0 Å². The molecule has 0 radical (unpaired) electrons. The predicted octanol–water partition coefficient (Wildman–Crippen LogP) is 7.23. The molecule has 2 N–H and O–H groups in total. The third-order valence-electron chi connectivity index (χ3n) is 6.39. The van der Waals surface area contributed by atoms with Gasteiger partial charge in [0.1, 0.15) is 17.1 Å². The molecule has 1 unspecified atom stereocenters. The smallest absolute Gasteiger partial charge is 0.179 e. The highest BCUT2D eigenvalue weighted by molar-refractivity contribution is 7.80. The highest BCUT2D eigenvalue weighted by Gasteiger charge is 2.51.